The molecule has 0 aromatic heterocycles. The van der Waals surface area contributed by atoms with Crippen molar-refractivity contribution in [2.45, 2.75) is 25.5 Å². The number of amides is 1. The maximum Gasteiger partial charge on any atom is 0.234 e. The average molecular weight is 365 g/mol. The fraction of sp³-hybridized carbons (Fsp3) is 0.632. The third-order valence-electron chi connectivity index (χ3n) is 5.02. The van der Waals surface area contributed by atoms with Crippen LogP contribution in [-0.4, -0.2) is 74.8 Å². The Kier molecular flexibility index (Phi) is 6.82. The highest BCUT2D eigenvalue weighted by Gasteiger charge is 2.21. The number of methoxy groups -OCH3 is 1. The van der Waals surface area contributed by atoms with Crippen molar-refractivity contribution < 1.29 is 18.7 Å². The van der Waals surface area contributed by atoms with Crippen LogP contribution in [0.5, 0.6) is 5.75 Å². The summed E-state index contributed by atoms with van der Waals surface area (Å²) in [6, 6.07) is 4.61. The zero-order valence-corrected chi connectivity index (χ0v) is 15.4. The molecule has 1 aromatic rings. The zero-order valence-electron chi connectivity index (χ0n) is 15.4. The predicted molar refractivity (Wildman–Crippen MR) is 96.7 cm³/mol. The Hall–Kier alpha value is -1.70. The molecule has 0 aliphatic carbocycles. The van der Waals surface area contributed by atoms with E-state index in [1.807, 2.05) is 0 Å². The van der Waals surface area contributed by atoms with Crippen molar-refractivity contribution >= 4 is 5.91 Å². The molecule has 144 valence electrons. The van der Waals surface area contributed by atoms with Crippen LogP contribution in [0.2, 0.25) is 0 Å². The Morgan fingerprint density at radius 1 is 1.31 bits per heavy atom. The summed E-state index contributed by atoms with van der Waals surface area (Å²) >= 11 is 0. The molecule has 0 saturated carbocycles. The van der Waals surface area contributed by atoms with E-state index < -0.39 is 0 Å². The van der Waals surface area contributed by atoms with Crippen molar-refractivity contribution in [2.75, 3.05) is 53.0 Å². The number of hydrogen-bond donors (Lipinski definition) is 1. The monoisotopic (exact) mass is 365 g/mol. The maximum atomic E-state index is 13.5. The van der Waals surface area contributed by atoms with Crippen LogP contribution in [-0.2, 0) is 16.1 Å². The van der Waals surface area contributed by atoms with Gasteiger partial charge in [-0.3, -0.25) is 14.6 Å². The second-order valence-electron chi connectivity index (χ2n) is 6.95. The largest absolute Gasteiger partial charge is 0.496 e. The van der Waals surface area contributed by atoms with Crippen molar-refractivity contribution in [3.63, 3.8) is 0 Å². The molecule has 3 rings (SSSR count). The number of rotatable bonds is 7. The average Bonchev–Trinajstić information content (AvgIpc) is 3.15. The van der Waals surface area contributed by atoms with Gasteiger partial charge in [0.05, 0.1) is 19.8 Å². The van der Waals surface area contributed by atoms with Gasteiger partial charge in [0.25, 0.3) is 0 Å². The lowest BCUT2D eigenvalue weighted by Gasteiger charge is -2.34. The van der Waals surface area contributed by atoms with Crippen molar-refractivity contribution in [3.8, 4) is 5.75 Å². The third-order valence-corrected chi connectivity index (χ3v) is 5.02. The highest BCUT2D eigenvalue weighted by molar-refractivity contribution is 5.78. The van der Waals surface area contributed by atoms with Crippen LogP contribution in [0.15, 0.2) is 18.2 Å². The minimum absolute atomic E-state index is 0.0562. The molecule has 0 spiro atoms. The minimum atomic E-state index is -0.248. The summed E-state index contributed by atoms with van der Waals surface area (Å²) in [6.07, 6.45) is 2.29. The summed E-state index contributed by atoms with van der Waals surface area (Å²) in [5.74, 6) is 0.519. The molecule has 2 saturated heterocycles. The molecular weight excluding hydrogens is 337 g/mol. The number of nitrogens with one attached hydrogen (secondary N) is 1. The molecule has 1 N–H and O–H groups in total. The molecule has 6 nitrogen and oxygen atoms in total. The van der Waals surface area contributed by atoms with Crippen LogP contribution in [0.3, 0.4) is 0 Å². The van der Waals surface area contributed by atoms with Gasteiger partial charge in [0.2, 0.25) is 5.91 Å². The van der Waals surface area contributed by atoms with Gasteiger partial charge in [-0.15, -0.1) is 0 Å². The van der Waals surface area contributed by atoms with Crippen LogP contribution >= 0.6 is 0 Å². The van der Waals surface area contributed by atoms with E-state index in [0.29, 0.717) is 25.4 Å². The topological polar surface area (TPSA) is 54.0 Å². The molecule has 0 radical (unpaired) electrons. The summed E-state index contributed by atoms with van der Waals surface area (Å²) < 4.78 is 24.3. The van der Waals surface area contributed by atoms with Crippen LogP contribution in [0.25, 0.3) is 0 Å². The first-order chi connectivity index (χ1) is 12.6. The van der Waals surface area contributed by atoms with Crippen LogP contribution in [0, 0.1) is 5.82 Å². The highest BCUT2D eigenvalue weighted by atomic mass is 19.1. The van der Waals surface area contributed by atoms with Crippen molar-refractivity contribution in [3.05, 3.63) is 29.6 Å². The standard InChI is InChI=1S/C19H28FN3O3/c1-25-18-5-4-16(20)11-15(18)13-22-6-8-23(9-7-22)14-19(24)21-12-17-3-2-10-26-17/h4-5,11,17H,2-3,6-10,12-14H2,1H3,(H,21,24)/t17-/m0/s1. The first kappa shape index (κ1) is 19.1. The number of hydrogen-bond acceptors (Lipinski definition) is 5. The molecule has 1 amide bonds. The lowest BCUT2D eigenvalue weighted by Crippen LogP contribution is -2.49. The SMILES string of the molecule is COc1ccc(F)cc1CN1CCN(CC(=O)NC[C@@H]2CCCO2)CC1. The molecule has 1 aromatic carbocycles. The van der Waals surface area contributed by atoms with E-state index >= 15 is 0 Å². The number of benzene rings is 1. The fourth-order valence-electron chi connectivity index (χ4n) is 3.51. The van der Waals surface area contributed by atoms with Gasteiger partial charge in [-0.2, -0.15) is 0 Å². The first-order valence-electron chi connectivity index (χ1n) is 9.29. The van der Waals surface area contributed by atoms with E-state index in [0.717, 1.165) is 51.2 Å². The fourth-order valence-corrected chi connectivity index (χ4v) is 3.51. The van der Waals surface area contributed by atoms with Crippen LogP contribution < -0.4 is 10.1 Å². The Balaban J connectivity index is 1.40. The van der Waals surface area contributed by atoms with E-state index in [-0.39, 0.29) is 17.8 Å². The molecule has 2 aliphatic rings. The van der Waals surface area contributed by atoms with Crippen LogP contribution in [0.4, 0.5) is 4.39 Å². The number of piperazine rings is 1. The second-order valence-corrected chi connectivity index (χ2v) is 6.95. The number of nitrogens with zero attached hydrogens (tertiary/aromatic N) is 2. The van der Waals surface area contributed by atoms with Gasteiger partial charge in [-0.05, 0) is 31.0 Å². The molecule has 2 aliphatic heterocycles. The lowest BCUT2D eigenvalue weighted by atomic mass is 10.1. The number of halogens is 1. The minimum Gasteiger partial charge on any atom is -0.496 e. The molecule has 2 heterocycles. The zero-order chi connectivity index (χ0) is 18.4. The normalized spacial score (nSPS) is 21.7. The molecule has 26 heavy (non-hydrogen) atoms. The van der Waals surface area contributed by atoms with Gasteiger partial charge < -0.3 is 14.8 Å². The van der Waals surface area contributed by atoms with Crippen molar-refractivity contribution in [1.29, 1.82) is 0 Å². The second kappa shape index (κ2) is 9.30. The lowest BCUT2D eigenvalue weighted by molar-refractivity contribution is -0.123. The van der Waals surface area contributed by atoms with Gasteiger partial charge in [0, 0.05) is 51.4 Å². The molecule has 0 unspecified atom stereocenters. The Bertz CT molecular complexity index is 600. The van der Waals surface area contributed by atoms with E-state index in [9.17, 15) is 9.18 Å². The van der Waals surface area contributed by atoms with Gasteiger partial charge in [0.1, 0.15) is 11.6 Å². The van der Waals surface area contributed by atoms with E-state index in [4.69, 9.17) is 9.47 Å². The molecular formula is C19H28FN3O3. The number of carbonyl (C=O) groups excluding carboxylic acids is 1. The first-order valence-corrected chi connectivity index (χ1v) is 9.29. The third kappa shape index (κ3) is 5.40. The van der Waals surface area contributed by atoms with Crippen molar-refractivity contribution in [1.82, 2.24) is 15.1 Å². The summed E-state index contributed by atoms with van der Waals surface area (Å²) in [6.45, 7) is 5.83. The summed E-state index contributed by atoms with van der Waals surface area (Å²) in [5, 5.41) is 2.97. The molecule has 2 fully saturated rings. The number of ether oxygens (including phenoxy) is 2. The number of carbonyl (C=O) groups is 1. The van der Waals surface area contributed by atoms with Crippen LogP contribution in [0.1, 0.15) is 18.4 Å². The summed E-state index contributed by atoms with van der Waals surface area (Å²) in [4.78, 5) is 16.5. The molecule has 7 heteroatoms. The smallest absolute Gasteiger partial charge is 0.234 e. The van der Waals surface area contributed by atoms with Gasteiger partial charge in [0.15, 0.2) is 0 Å². The molecule has 0 bridgehead atoms. The van der Waals surface area contributed by atoms with Gasteiger partial charge in [-0.25, -0.2) is 4.39 Å². The highest BCUT2D eigenvalue weighted by Crippen LogP contribution is 2.21. The van der Waals surface area contributed by atoms with Gasteiger partial charge in [-0.1, -0.05) is 0 Å². The Morgan fingerprint density at radius 2 is 2.08 bits per heavy atom. The van der Waals surface area contributed by atoms with E-state index in [2.05, 4.69) is 15.1 Å². The van der Waals surface area contributed by atoms with Crippen molar-refractivity contribution in [2.24, 2.45) is 0 Å². The maximum absolute atomic E-state index is 13.5. The predicted octanol–water partition coefficient (Wildman–Crippen LogP) is 1.25. The molecule has 1 atom stereocenters. The van der Waals surface area contributed by atoms with E-state index in [1.54, 1.807) is 13.2 Å². The summed E-state index contributed by atoms with van der Waals surface area (Å²) in [5.41, 5.74) is 0.857. The summed E-state index contributed by atoms with van der Waals surface area (Å²) in [7, 11) is 1.60. The van der Waals surface area contributed by atoms with E-state index in [1.165, 1.54) is 12.1 Å². The quantitative estimate of drug-likeness (QED) is 0.788. The Morgan fingerprint density at radius 3 is 2.77 bits per heavy atom. The Labute approximate surface area is 154 Å². The van der Waals surface area contributed by atoms with Gasteiger partial charge >= 0.3 is 0 Å².